The van der Waals surface area contributed by atoms with Crippen molar-refractivity contribution in [2.75, 3.05) is 0 Å². The SMILES string of the molecule is CC1(C(=O)O)CCCCC1NC(=O)Cc1cccc(Cl)c1. The van der Waals surface area contributed by atoms with Crippen LogP contribution in [0.5, 0.6) is 0 Å². The quantitative estimate of drug-likeness (QED) is 0.898. The lowest BCUT2D eigenvalue weighted by molar-refractivity contribution is -0.152. The number of benzene rings is 1. The fourth-order valence-corrected chi connectivity index (χ4v) is 3.11. The molecule has 0 spiro atoms. The Kier molecular flexibility index (Phi) is 4.88. The number of aliphatic carboxylic acids is 1. The number of rotatable bonds is 4. The third kappa shape index (κ3) is 3.76. The molecule has 2 atom stereocenters. The molecule has 2 unspecified atom stereocenters. The number of hydrogen-bond donors (Lipinski definition) is 2. The van der Waals surface area contributed by atoms with E-state index in [1.54, 1.807) is 25.1 Å². The lowest BCUT2D eigenvalue weighted by Gasteiger charge is -2.38. The fraction of sp³-hybridized carbons (Fsp3) is 0.500. The predicted octanol–water partition coefficient (Wildman–Crippen LogP) is 3.03. The van der Waals surface area contributed by atoms with E-state index in [0.29, 0.717) is 17.9 Å². The van der Waals surface area contributed by atoms with E-state index < -0.39 is 11.4 Å². The van der Waals surface area contributed by atoms with Gasteiger partial charge in [0, 0.05) is 11.1 Å². The zero-order chi connectivity index (χ0) is 15.5. The molecule has 5 heteroatoms. The van der Waals surface area contributed by atoms with Gasteiger partial charge < -0.3 is 10.4 Å². The van der Waals surface area contributed by atoms with Gasteiger partial charge in [0.15, 0.2) is 0 Å². The van der Waals surface area contributed by atoms with E-state index in [9.17, 15) is 14.7 Å². The highest BCUT2D eigenvalue weighted by atomic mass is 35.5. The number of carboxylic acids is 1. The molecule has 0 bridgehead atoms. The van der Waals surface area contributed by atoms with E-state index in [0.717, 1.165) is 18.4 Å². The Morgan fingerprint density at radius 3 is 2.86 bits per heavy atom. The molecule has 0 radical (unpaired) electrons. The maximum absolute atomic E-state index is 12.2. The zero-order valence-electron chi connectivity index (χ0n) is 12.1. The monoisotopic (exact) mass is 309 g/mol. The average molecular weight is 310 g/mol. The Morgan fingerprint density at radius 2 is 2.19 bits per heavy atom. The van der Waals surface area contributed by atoms with Gasteiger partial charge in [0.25, 0.3) is 0 Å². The minimum absolute atomic E-state index is 0.156. The Morgan fingerprint density at radius 1 is 1.43 bits per heavy atom. The summed E-state index contributed by atoms with van der Waals surface area (Å²) in [6.45, 7) is 1.72. The van der Waals surface area contributed by atoms with Crippen LogP contribution < -0.4 is 5.32 Å². The minimum atomic E-state index is -0.873. The van der Waals surface area contributed by atoms with Crippen LogP contribution in [-0.4, -0.2) is 23.0 Å². The Hall–Kier alpha value is -1.55. The summed E-state index contributed by atoms with van der Waals surface area (Å²) in [4.78, 5) is 23.7. The Labute approximate surface area is 129 Å². The summed E-state index contributed by atoms with van der Waals surface area (Å²) in [5.41, 5.74) is -0.0461. The molecule has 4 nitrogen and oxygen atoms in total. The first-order chi connectivity index (χ1) is 9.91. The lowest BCUT2D eigenvalue weighted by atomic mass is 9.71. The molecule has 1 aliphatic rings. The summed E-state index contributed by atoms with van der Waals surface area (Å²) in [6.07, 6.45) is 3.37. The van der Waals surface area contributed by atoms with Crippen LogP contribution in [0.1, 0.15) is 38.2 Å². The van der Waals surface area contributed by atoms with E-state index >= 15 is 0 Å². The van der Waals surface area contributed by atoms with Gasteiger partial charge in [-0.25, -0.2) is 0 Å². The van der Waals surface area contributed by atoms with Gasteiger partial charge in [0.1, 0.15) is 0 Å². The van der Waals surface area contributed by atoms with Gasteiger partial charge >= 0.3 is 5.97 Å². The molecule has 21 heavy (non-hydrogen) atoms. The zero-order valence-corrected chi connectivity index (χ0v) is 12.8. The van der Waals surface area contributed by atoms with E-state index in [4.69, 9.17) is 11.6 Å². The van der Waals surface area contributed by atoms with Crippen LogP contribution in [0.2, 0.25) is 5.02 Å². The van der Waals surface area contributed by atoms with Crippen LogP contribution in [-0.2, 0) is 16.0 Å². The molecule has 0 saturated heterocycles. The summed E-state index contributed by atoms with van der Waals surface area (Å²) in [6, 6.07) is 6.83. The largest absolute Gasteiger partial charge is 0.481 e. The summed E-state index contributed by atoms with van der Waals surface area (Å²) in [5, 5.41) is 12.9. The van der Waals surface area contributed by atoms with Crippen LogP contribution in [0.4, 0.5) is 0 Å². The second-order valence-corrected chi connectivity index (χ2v) is 6.33. The predicted molar refractivity (Wildman–Crippen MR) is 81.3 cm³/mol. The number of carboxylic acid groups (broad SMARTS) is 1. The first kappa shape index (κ1) is 15.8. The number of hydrogen-bond acceptors (Lipinski definition) is 2. The van der Waals surface area contributed by atoms with Crippen LogP contribution in [0.3, 0.4) is 0 Å². The van der Waals surface area contributed by atoms with Crippen LogP contribution in [0, 0.1) is 5.41 Å². The molecule has 0 aromatic heterocycles. The molecule has 1 amide bonds. The van der Waals surface area contributed by atoms with Crippen LogP contribution in [0.15, 0.2) is 24.3 Å². The minimum Gasteiger partial charge on any atom is -0.481 e. The van der Waals surface area contributed by atoms with Crippen molar-refractivity contribution in [2.45, 2.75) is 45.1 Å². The maximum Gasteiger partial charge on any atom is 0.311 e. The molecule has 0 aliphatic heterocycles. The smallest absolute Gasteiger partial charge is 0.311 e. The number of carbonyl (C=O) groups is 2. The topological polar surface area (TPSA) is 66.4 Å². The van der Waals surface area contributed by atoms with Crippen molar-refractivity contribution in [1.29, 1.82) is 0 Å². The highest BCUT2D eigenvalue weighted by Crippen LogP contribution is 2.36. The second kappa shape index (κ2) is 6.48. The van der Waals surface area contributed by atoms with Gasteiger partial charge in [-0.1, -0.05) is 36.6 Å². The molecule has 1 aromatic carbocycles. The van der Waals surface area contributed by atoms with Crippen molar-refractivity contribution in [3.63, 3.8) is 0 Å². The third-order valence-electron chi connectivity index (χ3n) is 4.29. The molecule has 1 aromatic rings. The number of amides is 1. The van der Waals surface area contributed by atoms with Gasteiger partial charge in [0.2, 0.25) is 5.91 Å². The van der Waals surface area contributed by atoms with Crippen molar-refractivity contribution in [3.05, 3.63) is 34.9 Å². The second-order valence-electron chi connectivity index (χ2n) is 5.90. The Balaban J connectivity index is 2.02. The fourth-order valence-electron chi connectivity index (χ4n) is 2.90. The molecule has 1 saturated carbocycles. The van der Waals surface area contributed by atoms with Crippen molar-refractivity contribution in [3.8, 4) is 0 Å². The molecule has 2 N–H and O–H groups in total. The number of nitrogens with one attached hydrogen (secondary N) is 1. The van der Waals surface area contributed by atoms with Crippen molar-refractivity contribution in [1.82, 2.24) is 5.32 Å². The van der Waals surface area contributed by atoms with Gasteiger partial charge in [-0.05, 0) is 37.5 Å². The van der Waals surface area contributed by atoms with E-state index in [-0.39, 0.29) is 18.4 Å². The number of carbonyl (C=O) groups excluding carboxylic acids is 1. The van der Waals surface area contributed by atoms with Gasteiger partial charge in [0.05, 0.1) is 11.8 Å². The van der Waals surface area contributed by atoms with Crippen molar-refractivity contribution >= 4 is 23.5 Å². The van der Waals surface area contributed by atoms with Crippen LogP contribution in [0.25, 0.3) is 0 Å². The van der Waals surface area contributed by atoms with Gasteiger partial charge in [-0.3, -0.25) is 9.59 Å². The molecular formula is C16H20ClNO3. The highest BCUT2D eigenvalue weighted by molar-refractivity contribution is 6.30. The molecule has 0 heterocycles. The normalized spacial score (nSPS) is 25.3. The van der Waals surface area contributed by atoms with Gasteiger partial charge in [-0.15, -0.1) is 0 Å². The van der Waals surface area contributed by atoms with E-state index in [1.807, 2.05) is 6.07 Å². The summed E-state index contributed by atoms with van der Waals surface area (Å²) >= 11 is 5.90. The summed E-state index contributed by atoms with van der Waals surface area (Å²) in [7, 11) is 0. The van der Waals surface area contributed by atoms with Gasteiger partial charge in [-0.2, -0.15) is 0 Å². The molecule has 2 rings (SSSR count). The van der Waals surface area contributed by atoms with Crippen molar-refractivity contribution < 1.29 is 14.7 Å². The third-order valence-corrected chi connectivity index (χ3v) is 4.52. The van der Waals surface area contributed by atoms with Crippen molar-refractivity contribution in [2.24, 2.45) is 5.41 Å². The standard InChI is InChI=1S/C16H20ClNO3/c1-16(15(20)21)8-3-2-7-13(16)18-14(19)10-11-5-4-6-12(17)9-11/h4-6,9,13H,2-3,7-8,10H2,1H3,(H,18,19)(H,20,21). The Bertz CT molecular complexity index is 546. The first-order valence-corrected chi connectivity index (χ1v) is 7.57. The summed E-state index contributed by atoms with van der Waals surface area (Å²) < 4.78 is 0. The van der Waals surface area contributed by atoms with E-state index in [1.165, 1.54) is 0 Å². The molecule has 114 valence electrons. The molecular weight excluding hydrogens is 290 g/mol. The molecule has 1 fully saturated rings. The maximum atomic E-state index is 12.2. The van der Waals surface area contributed by atoms with Crippen LogP contribution >= 0.6 is 11.6 Å². The highest BCUT2D eigenvalue weighted by Gasteiger charge is 2.43. The average Bonchev–Trinajstić information content (AvgIpc) is 2.41. The number of halogens is 1. The first-order valence-electron chi connectivity index (χ1n) is 7.19. The van der Waals surface area contributed by atoms with E-state index in [2.05, 4.69) is 5.32 Å². The molecule has 1 aliphatic carbocycles. The lowest BCUT2D eigenvalue weighted by Crippen LogP contribution is -2.52. The summed E-state index contributed by atoms with van der Waals surface area (Å²) in [5.74, 6) is -0.994.